The second kappa shape index (κ2) is 10.0. The summed E-state index contributed by atoms with van der Waals surface area (Å²) in [6, 6.07) is 9.28. The standard InChI is InChI=1S/C27H34N4O4/c32-25(30-23-15-28-19-29-16-23)18-31-13-11-20(12-14-31)24(17-31)35-26(33)27(34,21-7-3-1-4-8-21)22-9-5-2-6-10-22/h1,3-4,7-8,15-16,19-20,22,24,34H,2,5-6,9-14,17-18H2/p+1/t20?,24?,27-,31?/m0/s1. The number of rotatable bonds is 7. The number of anilines is 1. The number of hydrogen-bond donors (Lipinski definition) is 2. The normalized spacial score (nSPS) is 28.1. The number of benzene rings is 1. The van der Waals surface area contributed by atoms with Crippen molar-refractivity contribution in [2.24, 2.45) is 11.8 Å². The van der Waals surface area contributed by atoms with Crippen molar-refractivity contribution in [2.45, 2.75) is 56.7 Å². The van der Waals surface area contributed by atoms with Crippen LogP contribution in [0.4, 0.5) is 5.69 Å². The molecule has 4 heterocycles. The highest BCUT2D eigenvalue weighted by Gasteiger charge is 2.52. The van der Waals surface area contributed by atoms with Crippen molar-refractivity contribution < 1.29 is 23.9 Å². The first-order chi connectivity index (χ1) is 17.0. The average Bonchev–Trinajstić information content (AvgIpc) is 2.90. The van der Waals surface area contributed by atoms with Crippen LogP contribution in [0, 0.1) is 11.8 Å². The number of esters is 1. The van der Waals surface area contributed by atoms with Gasteiger partial charge in [0.15, 0.2) is 18.2 Å². The number of piperidine rings is 3. The predicted molar refractivity (Wildman–Crippen MR) is 130 cm³/mol. The van der Waals surface area contributed by atoms with Crippen molar-refractivity contribution >= 4 is 17.6 Å². The molecule has 8 heteroatoms. The Labute approximate surface area is 206 Å². The lowest BCUT2D eigenvalue weighted by molar-refractivity contribution is -0.939. The molecule has 1 aliphatic carbocycles. The summed E-state index contributed by atoms with van der Waals surface area (Å²) >= 11 is 0. The molecule has 2 atom stereocenters. The summed E-state index contributed by atoms with van der Waals surface area (Å²) in [5.74, 6) is -0.489. The van der Waals surface area contributed by atoms with Gasteiger partial charge in [-0.2, -0.15) is 0 Å². The molecule has 2 bridgehead atoms. The summed E-state index contributed by atoms with van der Waals surface area (Å²) < 4.78 is 6.77. The van der Waals surface area contributed by atoms with Gasteiger partial charge < -0.3 is 19.6 Å². The summed E-state index contributed by atoms with van der Waals surface area (Å²) in [5, 5.41) is 14.8. The summed E-state index contributed by atoms with van der Waals surface area (Å²) in [7, 11) is 0. The van der Waals surface area contributed by atoms with Gasteiger partial charge in [0, 0.05) is 24.7 Å². The van der Waals surface area contributed by atoms with E-state index < -0.39 is 11.6 Å². The van der Waals surface area contributed by atoms with Gasteiger partial charge in [-0.05, 0) is 18.4 Å². The van der Waals surface area contributed by atoms with Crippen molar-refractivity contribution in [3.8, 4) is 0 Å². The maximum atomic E-state index is 13.7. The molecular weight excluding hydrogens is 444 g/mol. The molecule has 0 radical (unpaired) electrons. The Bertz CT molecular complexity index is 1020. The number of quaternary nitrogens is 1. The number of nitrogens with zero attached hydrogens (tertiary/aromatic N) is 3. The predicted octanol–water partition coefficient (Wildman–Crippen LogP) is 3.04. The SMILES string of the molecule is O=C(C[N+]12CCC(CC1)C(OC(=O)[C@](O)(c1ccccc1)C1CCCCC1)C2)Nc1cncnc1. The number of ether oxygens (including phenoxy) is 1. The maximum Gasteiger partial charge on any atom is 0.343 e. The summed E-state index contributed by atoms with van der Waals surface area (Å²) in [6.07, 6.45) is 10.9. The Kier molecular flexibility index (Phi) is 6.84. The summed E-state index contributed by atoms with van der Waals surface area (Å²) in [6.45, 7) is 2.71. The topological polar surface area (TPSA) is 101 Å². The van der Waals surface area contributed by atoms with E-state index in [0.29, 0.717) is 28.8 Å². The smallest absolute Gasteiger partial charge is 0.343 e. The van der Waals surface area contributed by atoms with E-state index >= 15 is 0 Å². The van der Waals surface area contributed by atoms with Crippen LogP contribution in [-0.4, -0.2) is 63.7 Å². The number of hydrogen-bond acceptors (Lipinski definition) is 6. The first kappa shape index (κ1) is 23.9. The molecule has 1 unspecified atom stereocenters. The Hall–Kier alpha value is -2.84. The lowest BCUT2D eigenvalue weighted by Gasteiger charge is -2.52. The lowest BCUT2D eigenvalue weighted by Crippen LogP contribution is -2.66. The number of aromatic nitrogens is 2. The highest BCUT2D eigenvalue weighted by Crippen LogP contribution is 2.42. The molecule has 3 aliphatic heterocycles. The van der Waals surface area contributed by atoms with E-state index in [1.807, 2.05) is 30.3 Å². The zero-order chi connectivity index (χ0) is 24.3. The molecular formula is C27H35N4O4+. The van der Waals surface area contributed by atoms with Gasteiger partial charge in [-0.3, -0.25) is 4.79 Å². The molecule has 1 aromatic heterocycles. The number of nitrogens with one attached hydrogen (secondary N) is 1. The van der Waals surface area contributed by atoms with Crippen LogP contribution in [0.1, 0.15) is 50.5 Å². The zero-order valence-corrected chi connectivity index (χ0v) is 20.1. The largest absolute Gasteiger partial charge is 0.454 e. The van der Waals surface area contributed by atoms with E-state index in [0.717, 1.165) is 58.0 Å². The maximum absolute atomic E-state index is 13.7. The van der Waals surface area contributed by atoms with E-state index in [2.05, 4.69) is 15.3 Å². The van der Waals surface area contributed by atoms with Crippen LogP contribution >= 0.6 is 0 Å². The van der Waals surface area contributed by atoms with Crippen LogP contribution in [0.2, 0.25) is 0 Å². The van der Waals surface area contributed by atoms with Gasteiger partial charge in [0.2, 0.25) is 0 Å². The molecule has 6 rings (SSSR count). The van der Waals surface area contributed by atoms with Gasteiger partial charge in [-0.15, -0.1) is 0 Å². The molecule has 1 amide bonds. The van der Waals surface area contributed by atoms with E-state index in [9.17, 15) is 14.7 Å². The van der Waals surface area contributed by atoms with Gasteiger partial charge in [0.05, 0.1) is 31.2 Å². The minimum absolute atomic E-state index is 0.0896. The summed E-state index contributed by atoms with van der Waals surface area (Å²) in [5.41, 5.74) is -0.444. The minimum Gasteiger partial charge on any atom is -0.454 e. The van der Waals surface area contributed by atoms with Gasteiger partial charge in [0.25, 0.3) is 5.91 Å². The third-order valence-electron chi connectivity index (χ3n) is 8.34. The minimum atomic E-state index is -1.64. The van der Waals surface area contributed by atoms with Gasteiger partial charge in [-0.25, -0.2) is 14.8 Å². The Morgan fingerprint density at radius 3 is 2.40 bits per heavy atom. The first-order valence-corrected chi connectivity index (χ1v) is 12.9. The van der Waals surface area contributed by atoms with Crippen molar-refractivity contribution in [3.63, 3.8) is 0 Å². The molecule has 2 aromatic rings. The molecule has 0 spiro atoms. The fraction of sp³-hybridized carbons (Fsp3) is 0.556. The van der Waals surface area contributed by atoms with Crippen LogP contribution in [0.25, 0.3) is 0 Å². The molecule has 4 aliphatic rings. The van der Waals surface area contributed by atoms with Gasteiger partial charge in [-0.1, -0.05) is 49.6 Å². The lowest BCUT2D eigenvalue weighted by atomic mass is 9.73. The van der Waals surface area contributed by atoms with Crippen molar-refractivity contribution in [1.29, 1.82) is 0 Å². The van der Waals surface area contributed by atoms with Crippen molar-refractivity contribution in [1.82, 2.24) is 9.97 Å². The van der Waals surface area contributed by atoms with Crippen molar-refractivity contribution in [3.05, 3.63) is 54.6 Å². The average molecular weight is 480 g/mol. The van der Waals surface area contributed by atoms with Crippen LogP contribution in [0.15, 0.2) is 49.1 Å². The molecule has 8 nitrogen and oxygen atoms in total. The number of amides is 1. The van der Waals surface area contributed by atoms with E-state index in [1.54, 1.807) is 12.4 Å². The highest BCUT2D eigenvalue weighted by molar-refractivity contribution is 5.91. The Morgan fingerprint density at radius 2 is 1.71 bits per heavy atom. The molecule has 2 N–H and O–H groups in total. The highest BCUT2D eigenvalue weighted by atomic mass is 16.6. The van der Waals surface area contributed by atoms with Crippen molar-refractivity contribution in [2.75, 3.05) is 31.5 Å². The van der Waals surface area contributed by atoms with Crippen LogP contribution < -0.4 is 5.32 Å². The second-order valence-corrected chi connectivity index (χ2v) is 10.6. The monoisotopic (exact) mass is 479 g/mol. The number of fused-ring (bicyclic) bond motifs is 3. The van der Waals surface area contributed by atoms with Gasteiger partial charge in [0.1, 0.15) is 12.9 Å². The number of carbonyl (C=O) groups excluding carboxylic acids is 2. The Balaban J connectivity index is 1.30. The number of carbonyl (C=O) groups is 2. The van der Waals surface area contributed by atoms with E-state index in [1.165, 1.54) is 6.33 Å². The van der Waals surface area contributed by atoms with Crippen LogP contribution in [0.3, 0.4) is 0 Å². The van der Waals surface area contributed by atoms with Crippen LogP contribution in [-0.2, 0) is 19.9 Å². The quantitative estimate of drug-likeness (QED) is 0.468. The third-order valence-corrected chi connectivity index (χ3v) is 8.34. The molecule has 3 saturated heterocycles. The fourth-order valence-corrected chi connectivity index (χ4v) is 6.41. The fourth-order valence-electron chi connectivity index (χ4n) is 6.41. The van der Waals surface area contributed by atoms with Gasteiger partial charge >= 0.3 is 5.97 Å². The molecule has 186 valence electrons. The van der Waals surface area contributed by atoms with Crippen LogP contribution in [0.5, 0.6) is 0 Å². The molecule has 35 heavy (non-hydrogen) atoms. The molecule has 1 saturated carbocycles. The molecule has 1 aromatic carbocycles. The van der Waals surface area contributed by atoms with E-state index in [4.69, 9.17) is 4.74 Å². The molecule has 4 fully saturated rings. The third kappa shape index (κ3) is 4.95. The second-order valence-electron chi connectivity index (χ2n) is 10.6. The Morgan fingerprint density at radius 1 is 1.03 bits per heavy atom. The van der Waals surface area contributed by atoms with E-state index in [-0.39, 0.29) is 23.8 Å². The first-order valence-electron chi connectivity index (χ1n) is 12.9. The number of aliphatic hydroxyl groups is 1. The zero-order valence-electron chi connectivity index (χ0n) is 20.1. The summed E-state index contributed by atoms with van der Waals surface area (Å²) in [4.78, 5) is 34.4.